The Bertz CT molecular complexity index is 1120. The van der Waals surface area contributed by atoms with Crippen LogP contribution in [0.25, 0.3) is 10.9 Å². The van der Waals surface area contributed by atoms with Gasteiger partial charge < -0.3 is 14.2 Å². The van der Waals surface area contributed by atoms with E-state index in [1.165, 1.54) is 30.2 Å². The summed E-state index contributed by atoms with van der Waals surface area (Å²) in [5.74, 6) is 0.157. The largest absolute Gasteiger partial charge is 0.444 e. The standard InChI is InChI=1S/C26H34N4O4/c1-26(2,3)34-25(33)28-12-9-17(10-13-28)21-16-30(18-5-4-6-18)22-15-19(7-8-20(21)22)29-14-11-23(31)27-24(29)32/h7-8,15-18H,4-6,9-14H2,1-3H3,(H,27,31,32). The van der Waals surface area contributed by atoms with Gasteiger partial charge in [-0.1, -0.05) is 6.07 Å². The van der Waals surface area contributed by atoms with Gasteiger partial charge in [-0.15, -0.1) is 0 Å². The summed E-state index contributed by atoms with van der Waals surface area (Å²) >= 11 is 0. The Balaban J connectivity index is 1.40. The average Bonchev–Trinajstić information content (AvgIpc) is 3.10. The second-order valence-electron chi connectivity index (χ2n) is 10.8. The summed E-state index contributed by atoms with van der Waals surface area (Å²) in [4.78, 5) is 39.9. The molecule has 2 aliphatic heterocycles. The number of rotatable bonds is 3. The maximum absolute atomic E-state index is 12.5. The van der Waals surface area contributed by atoms with Gasteiger partial charge in [-0.3, -0.25) is 15.0 Å². The third-order valence-electron chi connectivity index (χ3n) is 7.27. The monoisotopic (exact) mass is 466 g/mol. The molecule has 0 radical (unpaired) electrons. The second kappa shape index (κ2) is 8.64. The fourth-order valence-corrected chi connectivity index (χ4v) is 5.24. The lowest BCUT2D eigenvalue weighted by Gasteiger charge is -2.33. The van der Waals surface area contributed by atoms with Crippen molar-refractivity contribution in [3.8, 4) is 0 Å². The van der Waals surface area contributed by atoms with Crippen LogP contribution in [0.4, 0.5) is 15.3 Å². The molecule has 2 saturated heterocycles. The molecule has 0 unspecified atom stereocenters. The number of anilines is 1. The summed E-state index contributed by atoms with van der Waals surface area (Å²) in [5, 5.41) is 3.64. The number of imide groups is 1. The van der Waals surface area contributed by atoms with E-state index in [0.29, 0.717) is 38.0 Å². The number of likely N-dealkylation sites (tertiary alicyclic amines) is 1. The van der Waals surface area contributed by atoms with Gasteiger partial charge in [-0.05, 0) is 76.5 Å². The molecular formula is C26H34N4O4. The molecule has 8 heteroatoms. The molecule has 1 aromatic carbocycles. The minimum atomic E-state index is -0.486. The van der Waals surface area contributed by atoms with E-state index in [4.69, 9.17) is 4.74 Å². The van der Waals surface area contributed by atoms with Gasteiger partial charge in [0.25, 0.3) is 0 Å². The number of fused-ring (bicyclic) bond motifs is 1. The van der Waals surface area contributed by atoms with Crippen LogP contribution in [0, 0.1) is 0 Å². The molecule has 8 nitrogen and oxygen atoms in total. The molecule has 5 rings (SSSR count). The third-order valence-corrected chi connectivity index (χ3v) is 7.27. The van der Waals surface area contributed by atoms with Crippen molar-refractivity contribution >= 4 is 34.6 Å². The highest BCUT2D eigenvalue weighted by Crippen LogP contribution is 2.41. The van der Waals surface area contributed by atoms with Crippen molar-refractivity contribution in [2.45, 2.75) is 76.9 Å². The highest BCUT2D eigenvalue weighted by Gasteiger charge is 2.31. The molecule has 2 aromatic rings. The number of piperidine rings is 1. The third kappa shape index (κ3) is 4.38. The minimum absolute atomic E-state index is 0.222. The van der Waals surface area contributed by atoms with Crippen LogP contribution in [0.2, 0.25) is 0 Å². The van der Waals surface area contributed by atoms with Crippen molar-refractivity contribution in [2.24, 2.45) is 0 Å². The molecular weight excluding hydrogens is 432 g/mol. The number of urea groups is 1. The van der Waals surface area contributed by atoms with Crippen LogP contribution in [0.5, 0.6) is 0 Å². The molecule has 0 spiro atoms. The van der Waals surface area contributed by atoms with Crippen molar-refractivity contribution in [2.75, 3.05) is 24.5 Å². The normalized spacial score (nSPS) is 20.4. The Morgan fingerprint density at radius 2 is 1.79 bits per heavy atom. The summed E-state index contributed by atoms with van der Waals surface area (Å²) in [6.07, 6.45) is 7.78. The lowest BCUT2D eigenvalue weighted by atomic mass is 9.89. The molecule has 1 N–H and O–H groups in total. The number of benzene rings is 1. The summed E-state index contributed by atoms with van der Waals surface area (Å²) in [6, 6.07) is 6.35. The van der Waals surface area contributed by atoms with Crippen LogP contribution in [-0.4, -0.2) is 52.7 Å². The summed E-state index contributed by atoms with van der Waals surface area (Å²) < 4.78 is 7.95. The van der Waals surface area contributed by atoms with Crippen molar-refractivity contribution in [1.82, 2.24) is 14.8 Å². The lowest BCUT2D eigenvalue weighted by molar-refractivity contribution is -0.120. The molecule has 3 heterocycles. The highest BCUT2D eigenvalue weighted by atomic mass is 16.6. The average molecular weight is 467 g/mol. The number of hydrogen-bond acceptors (Lipinski definition) is 4. The minimum Gasteiger partial charge on any atom is -0.444 e. The van der Waals surface area contributed by atoms with Gasteiger partial charge in [0.2, 0.25) is 5.91 Å². The summed E-state index contributed by atoms with van der Waals surface area (Å²) in [7, 11) is 0. The van der Waals surface area contributed by atoms with E-state index in [1.807, 2.05) is 31.7 Å². The van der Waals surface area contributed by atoms with E-state index in [9.17, 15) is 14.4 Å². The van der Waals surface area contributed by atoms with Crippen molar-refractivity contribution in [3.05, 3.63) is 30.0 Å². The topological polar surface area (TPSA) is 83.9 Å². The first-order valence-corrected chi connectivity index (χ1v) is 12.4. The van der Waals surface area contributed by atoms with Crippen LogP contribution in [-0.2, 0) is 9.53 Å². The molecule has 34 heavy (non-hydrogen) atoms. The van der Waals surface area contributed by atoms with E-state index >= 15 is 0 Å². The summed E-state index contributed by atoms with van der Waals surface area (Å²) in [6.45, 7) is 7.47. The van der Waals surface area contributed by atoms with Gasteiger partial charge >= 0.3 is 12.1 Å². The Kier molecular flexibility index (Phi) is 5.78. The van der Waals surface area contributed by atoms with Gasteiger partial charge in [-0.25, -0.2) is 9.59 Å². The molecule has 4 amide bonds. The van der Waals surface area contributed by atoms with Crippen LogP contribution >= 0.6 is 0 Å². The zero-order chi connectivity index (χ0) is 24.0. The maximum atomic E-state index is 12.5. The molecule has 3 fully saturated rings. The number of carbonyl (C=O) groups excluding carboxylic acids is 3. The fraction of sp³-hybridized carbons (Fsp3) is 0.577. The first-order valence-electron chi connectivity index (χ1n) is 12.4. The maximum Gasteiger partial charge on any atom is 0.410 e. The van der Waals surface area contributed by atoms with Gasteiger partial charge in [0.1, 0.15) is 5.60 Å². The number of ether oxygens (including phenoxy) is 1. The van der Waals surface area contributed by atoms with Crippen LogP contribution in [0.3, 0.4) is 0 Å². The Morgan fingerprint density at radius 1 is 1.06 bits per heavy atom. The molecule has 3 aliphatic rings. The van der Waals surface area contributed by atoms with E-state index < -0.39 is 5.60 Å². The highest BCUT2D eigenvalue weighted by molar-refractivity contribution is 6.06. The van der Waals surface area contributed by atoms with E-state index in [1.54, 1.807) is 4.90 Å². The molecule has 1 saturated carbocycles. The number of hydrogen-bond donors (Lipinski definition) is 1. The molecule has 1 aromatic heterocycles. The Hall–Kier alpha value is -3.03. The number of aromatic nitrogens is 1. The van der Waals surface area contributed by atoms with Gasteiger partial charge in [-0.2, -0.15) is 0 Å². The van der Waals surface area contributed by atoms with E-state index in [-0.39, 0.29) is 18.0 Å². The Morgan fingerprint density at radius 3 is 2.41 bits per heavy atom. The van der Waals surface area contributed by atoms with Crippen LogP contribution < -0.4 is 10.2 Å². The van der Waals surface area contributed by atoms with Crippen LogP contribution in [0.15, 0.2) is 24.4 Å². The van der Waals surface area contributed by atoms with Crippen molar-refractivity contribution < 1.29 is 19.1 Å². The number of nitrogens with one attached hydrogen (secondary N) is 1. The fourth-order valence-electron chi connectivity index (χ4n) is 5.24. The number of amides is 4. The predicted octanol–water partition coefficient (Wildman–Crippen LogP) is 4.93. The quantitative estimate of drug-likeness (QED) is 0.695. The van der Waals surface area contributed by atoms with Gasteiger partial charge in [0, 0.05) is 49.4 Å². The predicted molar refractivity (Wildman–Crippen MR) is 130 cm³/mol. The zero-order valence-corrected chi connectivity index (χ0v) is 20.3. The van der Waals surface area contributed by atoms with E-state index in [0.717, 1.165) is 24.0 Å². The van der Waals surface area contributed by atoms with Gasteiger partial charge in [0.05, 0.1) is 5.52 Å². The zero-order valence-electron chi connectivity index (χ0n) is 20.3. The molecule has 182 valence electrons. The number of carbonyl (C=O) groups is 3. The van der Waals surface area contributed by atoms with Gasteiger partial charge in [0.15, 0.2) is 0 Å². The Labute approximate surface area is 200 Å². The van der Waals surface area contributed by atoms with Crippen molar-refractivity contribution in [3.63, 3.8) is 0 Å². The smallest absolute Gasteiger partial charge is 0.410 e. The first kappa shape index (κ1) is 22.7. The lowest BCUT2D eigenvalue weighted by Crippen LogP contribution is -2.49. The molecule has 0 bridgehead atoms. The molecule has 0 atom stereocenters. The van der Waals surface area contributed by atoms with Crippen molar-refractivity contribution in [1.29, 1.82) is 0 Å². The SMILES string of the molecule is CC(C)(C)OC(=O)N1CCC(c2cn(C3CCC3)c3cc(N4CCC(=O)NC4=O)ccc23)CC1. The first-order chi connectivity index (χ1) is 16.2. The van der Waals surface area contributed by atoms with Crippen LogP contribution in [0.1, 0.15) is 76.8 Å². The van der Waals surface area contributed by atoms with E-state index in [2.05, 4.69) is 28.2 Å². The molecule has 1 aliphatic carbocycles. The summed E-state index contributed by atoms with van der Waals surface area (Å²) in [5.41, 5.74) is 2.81. The number of nitrogens with zero attached hydrogens (tertiary/aromatic N) is 3. The second-order valence-corrected chi connectivity index (χ2v) is 10.8.